The molecule has 9 heteroatoms. The molecule has 1 amide bonds. The molecule has 3 heterocycles. The molecule has 0 fully saturated rings. The number of carbonyl (C=O) groups is 1. The average Bonchev–Trinajstić information content (AvgIpc) is 3.21. The van der Waals surface area contributed by atoms with Crippen molar-refractivity contribution < 1.29 is 9.18 Å². The fourth-order valence-electron chi connectivity index (χ4n) is 3.07. The van der Waals surface area contributed by atoms with Gasteiger partial charge < -0.3 is 14.6 Å². The molecule has 4 aromatic rings. The van der Waals surface area contributed by atoms with E-state index in [1.54, 1.807) is 54.1 Å². The van der Waals surface area contributed by atoms with Gasteiger partial charge in [0.05, 0.1) is 22.9 Å². The number of fused-ring (bicyclic) bond motifs is 2. The van der Waals surface area contributed by atoms with Crippen molar-refractivity contribution >= 4 is 46.1 Å². The number of amides is 1. The fourth-order valence-corrected chi connectivity index (χ4v) is 3.37. The molecule has 7 nitrogen and oxygen atoms in total. The summed E-state index contributed by atoms with van der Waals surface area (Å²) in [4.78, 5) is 16.5. The number of carbonyl (C=O) groups excluding carboxylic acids is 1. The number of halogens is 2. The molecule has 2 N–H and O–H groups in total. The maximum absolute atomic E-state index is 14.9. The van der Waals surface area contributed by atoms with Crippen molar-refractivity contribution in [2.75, 3.05) is 24.3 Å². The highest BCUT2D eigenvalue weighted by Gasteiger charge is 2.22. The van der Waals surface area contributed by atoms with Gasteiger partial charge in [0.2, 0.25) is 6.41 Å². The number of hydrogen-bond donors (Lipinski definition) is 2. The smallest absolute Gasteiger partial charge is 0.212 e. The number of nitrogens with zero attached hydrogens (tertiary/aromatic N) is 4. The SMILES string of the molecule is CN(C)c1c(F)c(Cl)c(-c2ccc3nc(NC=O)cn3c2)c2cn[nH]c12. The Hall–Kier alpha value is -3.13. The van der Waals surface area contributed by atoms with Gasteiger partial charge in [0.1, 0.15) is 11.3 Å². The van der Waals surface area contributed by atoms with E-state index in [9.17, 15) is 9.18 Å². The monoisotopic (exact) mass is 372 g/mol. The van der Waals surface area contributed by atoms with Crippen LogP contribution in [-0.2, 0) is 4.79 Å². The third-order valence-corrected chi connectivity index (χ3v) is 4.51. The largest absolute Gasteiger partial charge is 0.373 e. The zero-order valence-electron chi connectivity index (χ0n) is 13.9. The highest BCUT2D eigenvalue weighted by atomic mass is 35.5. The average molecular weight is 373 g/mol. The summed E-state index contributed by atoms with van der Waals surface area (Å²) in [6.45, 7) is 0. The zero-order valence-corrected chi connectivity index (χ0v) is 14.7. The second-order valence-electron chi connectivity index (χ2n) is 5.98. The van der Waals surface area contributed by atoms with Crippen LogP contribution < -0.4 is 10.2 Å². The van der Waals surface area contributed by atoms with Gasteiger partial charge in [0.25, 0.3) is 0 Å². The van der Waals surface area contributed by atoms with Crippen LogP contribution >= 0.6 is 11.6 Å². The molecule has 0 saturated carbocycles. The summed E-state index contributed by atoms with van der Waals surface area (Å²) >= 11 is 6.39. The first-order chi connectivity index (χ1) is 12.5. The lowest BCUT2D eigenvalue weighted by Gasteiger charge is -2.18. The van der Waals surface area contributed by atoms with Crippen molar-refractivity contribution in [3.05, 3.63) is 41.6 Å². The summed E-state index contributed by atoms with van der Waals surface area (Å²) in [5.41, 5.74) is 2.81. The summed E-state index contributed by atoms with van der Waals surface area (Å²) < 4.78 is 16.7. The van der Waals surface area contributed by atoms with Crippen molar-refractivity contribution in [2.24, 2.45) is 0 Å². The highest BCUT2D eigenvalue weighted by Crippen LogP contribution is 2.42. The molecule has 0 aliphatic rings. The van der Waals surface area contributed by atoms with Gasteiger partial charge in [-0.05, 0) is 12.1 Å². The van der Waals surface area contributed by atoms with E-state index in [2.05, 4.69) is 20.5 Å². The van der Waals surface area contributed by atoms with Crippen molar-refractivity contribution in [1.29, 1.82) is 0 Å². The minimum Gasteiger partial charge on any atom is -0.373 e. The third kappa shape index (κ3) is 2.38. The summed E-state index contributed by atoms with van der Waals surface area (Å²) in [5, 5.41) is 10.1. The first-order valence-electron chi connectivity index (χ1n) is 7.72. The maximum Gasteiger partial charge on any atom is 0.212 e. The van der Waals surface area contributed by atoms with Crippen molar-refractivity contribution in [1.82, 2.24) is 19.6 Å². The number of aromatic nitrogens is 4. The molecule has 0 spiro atoms. The lowest BCUT2D eigenvalue weighted by molar-refractivity contribution is -0.105. The van der Waals surface area contributed by atoms with E-state index in [-0.39, 0.29) is 5.02 Å². The molecule has 0 aliphatic carbocycles. The number of hydrogen-bond acceptors (Lipinski definition) is 4. The maximum atomic E-state index is 14.9. The number of aromatic amines is 1. The molecule has 0 bridgehead atoms. The zero-order chi connectivity index (χ0) is 18.4. The molecule has 1 aromatic carbocycles. The summed E-state index contributed by atoms with van der Waals surface area (Å²) in [5.74, 6) is -0.0942. The van der Waals surface area contributed by atoms with Gasteiger partial charge in [-0.3, -0.25) is 9.89 Å². The van der Waals surface area contributed by atoms with Crippen LogP contribution in [0.4, 0.5) is 15.9 Å². The molecule has 0 radical (unpaired) electrons. The van der Waals surface area contributed by atoms with Gasteiger partial charge in [-0.25, -0.2) is 9.37 Å². The van der Waals surface area contributed by atoms with Crippen LogP contribution in [0.1, 0.15) is 0 Å². The molecule has 0 aliphatic heterocycles. The quantitative estimate of drug-likeness (QED) is 0.539. The molecular formula is C17H14ClFN6O. The Morgan fingerprint density at radius 3 is 2.88 bits per heavy atom. The number of benzene rings is 1. The summed E-state index contributed by atoms with van der Waals surface area (Å²) in [6, 6.07) is 3.57. The second kappa shape index (κ2) is 5.99. The van der Waals surface area contributed by atoms with E-state index in [0.29, 0.717) is 45.6 Å². The van der Waals surface area contributed by atoms with Gasteiger partial charge in [-0.15, -0.1) is 0 Å². The van der Waals surface area contributed by atoms with Gasteiger partial charge in [0.15, 0.2) is 11.6 Å². The van der Waals surface area contributed by atoms with E-state index in [1.807, 2.05) is 0 Å². The Morgan fingerprint density at radius 2 is 2.15 bits per heavy atom. The molecule has 4 rings (SSSR count). The molecule has 0 saturated heterocycles. The summed E-state index contributed by atoms with van der Waals surface area (Å²) in [7, 11) is 3.49. The van der Waals surface area contributed by atoms with Crippen LogP contribution in [0.5, 0.6) is 0 Å². The van der Waals surface area contributed by atoms with Gasteiger partial charge >= 0.3 is 0 Å². The standard InChI is InChI=1S/C17H14ClFN6O/c1-24(2)17-15(19)14(18)13(10-5-21-23-16(10)17)9-3-4-12-22-11(20-8-26)7-25(12)6-9/h3-8H,1-2H3,(H,20,26)(H,21,23). The Balaban J connectivity index is 1.98. The molecule has 0 unspecified atom stereocenters. The Kier molecular flexibility index (Phi) is 3.77. The first kappa shape index (κ1) is 16.3. The lowest BCUT2D eigenvalue weighted by atomic mass is 10.0. The number of H-pyrrole nitrogens is 1. The van der Waals surface area contributed by atoms with Crippen molar-refractivity contribution in [3.63, 3.8) is 0 Å². The number of imidazole rings is 1. The molecule has 132 valence electrons. The fraction of sp³-hybridized carbons (Fsp3) is 0.118. The van der Waals surface area contributed by atoms with Crippen LogP contribution in [0.25, 0.3) is 27.7 Å². The van der Waals surface area contributed by atoms with E-state index in [0.717, 1.165) is 0 Å². The Bertz CT molecular complexity index is 1150. The topological polar surface area (TPSA) is 78.3 Å². The molecular weight excluding hydrogens is 359 g/mol. The highest BCUT2D eigenvalue weighted by molar-refractivity contribution is 6.36. The van der Waals surface area contributed by atoms with Gasteiger partial charge in [-0.1, -0.05) is 11.6 Å². The third-order valence-electron chi connectivity index (χ3n) is 4.16. The van der Waals surface area contributed by atoms with Crippen molar-refractivity contribution in [3.8, 4) is 11.1 Å². The molecule has 0 atom stereocenters. The van der Waals surface area contributed by atoms with E-state index in [4.69, 9.17) is 11.6 Å². The van der Waals surface area contributed by atoms with E-state index in [1.165, 1.54) is 0 Å². The van der Waals surface area contributed by atoms with E-state index >= 15 is 0 Å². The van der Waals surface area contributed by atoms with Gasteiger partial charge in [0, 0.05) is 36.8 Å². The van der Waals surface area contributed by atoms with Crippen LogP contribution in [0.2, 0.25) is 5.02 Å². The molecule has 26 heavy (non-hydrogen) atoms. The Labute approximate surface area is 152 Å². The first-order valence-corrected chi connectivity index (χ1v) is 8.09. The number of nitrogens with one attached hydrogen (secondary N) is 2. The van der Waals surface area contributed by atoms with Crippen LogP contribution in [-0.4, -0.2) is 40.1 Å². The normalized spacial score (nSPS) is 11.2. The number of rotatable bonds is 4. The van der Waals surface area contributed by atoms with E-state index < -0.39 is 5.82 Å². The van der Waals surface area contributed by atoms with Gasteiger partial charge in [-0.2, -0.15) is 5.10 Å². The number of anilines is 2. The van der Waals surface area contributed by atoms with Crippen LogP contribution in [0.3, 0.4) is 0 Å². The number of pyridine rings is 1. The van der Waals surface area contributed by atoms with Crippen LogP contribution in [0.15, 0.2) is 30.7 Å². The second-order valence-corrected chi connectivity index (χ2v) is 6.35. The minimum atomic E-state index is -0.516. The van der Waals surface area contributed by atoms with Crippen LogP contribution in [0, 0.1) is 5.82 Å². The predicted molar refractivity (Wildman–Crippen MR) is 99.3 cm³/mol. The summed E-state index contributed by atoms with van der Waals surface area (Å²) in [6.07, 6.45) is 5.63. The Morgan fingerprint density at radius 1 is 1.35 bits per heavy atom. The minimum absolute atomic E-state index is 0.0216. The van der Waals surface area contributed by atoms with Crippen molar-refractivity contribution in [2.45, 2.75) is 0 Å². The predicted octanol–water partition coefficient (Wildman–Crippen LogP) is 3.30. The molecule has 3 aromatic heterocycles. The lowest BCUT2D eigenvalue weighted by Crippen LogP contribution is -2.12.